The van der Waals surface area contributed by atoms with Crippen molar-refractivity contribution in [1.82, 2.24) is 0 Å². The van der Waals surface area contributed by atoms with Gasteiger partial charge in [-0.25, -0.2) is 0 Å². The Morgan fingerprint density at radius 1 is 1.24 bits per heavy atom. The lowest BCUT2D eigenvalue weighted by Gasteiger charge is -2.36. The molecule has 0 aromatic heterocycles. The van der Waals surface area contributed by atoms with Gasteiger partial charge in [0.1, 0.15) is 5.75 Å². The van der Waals surface area contributed by atoms with E-state index < -0.39 is 0 Å². The summed E-state index contributed by atoms with van der Waals surface area (Å²) in [6.07, 6.45) is 3.58. The first-order chi connectivity index (χ1) is 12.1. The summed E-state index contributed by atoms with van der Waals surface area (Å²) in [6, 6.07) is 15.5. The number of anilines is 3. The van der Waals surface area contributed by atoms with Gasteiger partial charge in [-0.05, 0) is 56.5 Å². The molecule has 1 saturated heterocycles. The Bertz CT molecular complexity index is 718. The van der Waals surface area contributed by atoms with Gasteiger partial charge in [0, 0.05) is 18.3 Å². The third kappa shape index (κ3) is 4.44. The van der Waals surface area contributed by atoms with E-state index in [1.165, 1.54) is 12.8 Å². The van der Waals surface area contributed by atoms with Crippen LogP contribution in [0, 0.1) is 0 Å². The Labute approximate surface area is 148 Å². The van der Waals surface area contributed by atoms with E-state index in [1.807, 2.05) is 48.5 Å². The Kier molecular flexibility index (Phi) is 5.43. The number of ether oxygens (including phenoxy) is 1. The van der Waals surface area contributed by atoms with Crippen LogP contribution in [0.15, 0.2) is 48.5 Å². The molecular weight excluding hydrogens is 314 g/mol. The molecule has 0 saturated carbocycles. The third-order valence-corrected chi connectivity index (χ3v) is 4.52. The Hall–Kier alpha value is -2.69. The van der Waals surface area contributed by atoms with Crippen LogP contribution in [0.5, 0.6) is 5.75 Å². The van der Waals surface area contributed by atoms with Crippen molar-refractivity contribution in [2.75, 3.05) is 29.1 Å². The van der Waals surface area contributed by atoms with Crippen molar-refractivity contribution < 1.29 is 9.53 Å². The number of hydrogen-bond donors (Lipinski definition) is 2. The summed E-state index contributed by atoms with van der Waals surface area (Å²) in [7, 11) is 0. The van der Waals surface area contributed by atoms with Crippen LogP contribution in [0.3, 0.4) is 0 Å². The monoisotopic (exact) mass is 339 g/mol. The van der Waals surface area contributed by atoms with Crippen molar-refractivity contribution in [3.63, 3.8) is 0 Å². The van der Waals surface area contributed by atoms with Crippen LogP contribution in [0.4, 0.5) is 17.1 Å². The van der Waals surface area contributed by atoms with E-state index >= 15 is 0 Å². The zero-order valence-electron chi connectivity index (χ0n) is 14.6. The van der Waals surface area contributed by atoms with Crippen LogP contribution in [-0.4, -0.2) is 25.1 Å². The number of hydrogen-bond acceptors (Lipinski definition) is 4. The molecule has 0 unspecified atom stereocenters. The second-order valence-electron chi connectivity index (χ2n) is 6.46. The average molecular weight is 339 g/mol. The number of rotatable bonds is 5. The summed E-state index contributed by atoms with van der Waals surface area (Å²) in [6.45, 7) is 3.18. The number of piperidine rings is 1. The zero-order chi connectivity index (χ0) is 17.6. The van der Waals surface area contributed by atoms with Crippen molar-refractivity contribution in [3.05, 3.63) is 48.5 Å². The normalized spacial score (nSPS) is 17.2. The lowest BCUT2D eigenvalue weighted by atomic mass is 10.0. The molecule has 0 bridgehead atoms. The largest absolute Gasteiger partial charge is 0.484 e. The van der Waals surface area contributed by atoms with E-state index in [0.717, 1.165) is 24.3 Å². The molecule has 5 heteroatoms. The minimum atomic E-state index is -0.194. The van der Waals surface area contributed by atoms with E-state index in [1.54, 1.807) is 0 Å². The van der Waals surface area contributed by atoms with Crippen molar-refractivity contribution in [3.8, 4) is 5.75 Å². The quantitative estimate of drug-likeness (QED) is 0.816. The van der Waals surface area contributed by atoms with Gasteiger partial charge in [-0.2, -0.15) is 0 Å². The van der Waals surface area contributed by atoms with Crippen molar-refractivity contribution in [2.24, 2.45) is 0 Å². The minimum absolute atomic E-state index is 0.0339. The SMILES string of the molecule is C[C@@H]1CCCCN1c1ccc(N)cc1NC(=O)COc1ccccc1. The summed E-state index contributed by atoms with van der Waals surface area (Å²) in [5.74, 6) is 0.482. The van der Waals surface area contributed by atoms with Gasteiger partial charge in [0.15, 0.2) is 6.61 Å². The highest BCUT2D eigenvalue weighted by molar-refractivity contribution is 5.96. The number of carbonyl (C=O) groups is 1. The molecule has 132 valence electrons. The van der Waals surface area contributed by atoms with Gasteiger partial charge in [-0.1, -0.05) is 18.2 Å². The lowest BCUT2D eigenvalue weighted by Crippen LogP contribution is -2.38. The number of para-hydroxylation sites is 1. The van der Waals surface area contributed by atoms with Gasteiger partial charge < -0.3 is 20.7 Å². The highest BCUT2D eigenvalue weighted by atomic mass is 16.5. The standard InChI is InChI=1S/C20H25N3O2/c1-15-7-5-6-12-23(15)19-11-10-16(21)13-18(19)22-20(24)14-25-17-8-3-2-4-9-17/h2-4,8-11,13,15H,5-7,12,14,21H2,1H3,(H,22,24)/t15-/m1/s1. The first kappa shape index (κ1) is 17.1. The van der Waals surface area contributed by atoms with Crippen LogP contribution in [0.25, 0.3) is 0 Å². The topological polar surface area (TPSA) is 67.6 Å². The van der Waals surface area contributed by atoms with E-state index in [4.69, 9.17) is 10.5 Å². The number of benzene rings is 2. The van der Waals surface area contributed by atoms with Gasteiger partial charge in [0.05, 0.1) is 11.4 Å². The van der Waals surface area contributed by atoms with Gasteiger partial charge in [0.2, 0.25) is 0 Å². The fourth-order valence-corrected chi connectivity index (χ4v) is 3.21. The molecule has 0 spiro atoms. The summed E-state index contributed by atoms with van der Waals surface area (Å²) in [5.41, 5.74) is 8.33. The van der Waals surface area contributed by atoms with Crippen LogP contribution < -0.4 is 20.7 Å². The van der Waals surface area contributed by atoms with Gasteiger partial charge >= 0.3 is 0 Å². The molecule has 3 rings (SSSR count). The van der Waals surface area contributed by atoms with Crippen molar-refractivity contribution in [1.29, 1.82) is 0 Å². The number of nitrogens with two attached hydrogens (primary N) is 1. The Morgan fingerprint density at radius 2 is 2.04 bits per heavy atom. The fourth-order valence-electron chi connectivity index (χ4n) is 3.21. The number of nitrogens with one attached hydrogen (secondary N) is 1. The summed E-state index contributed by atoms with van der Waals surface area (Å²) < 4.78 is 5.52. The molecule has 25 heavy (non-hydrogen) atoms. The maximum atomic E-state index is 12.3. The predicted molar refractivity (Wildman–Crippen MR) is 102 cm³/mol. The highest BCUT2D eigenvalue weighted by Crippen LogP contribution is 2.32. The molecule has 1 fully saturated rings. The number of amides is 1. The first-order valence-corrected chi connectivity index (χ1v) is 8.77. The van der Waals surface area contributed by atoms with Crippen LogP contribution >= 0.6 is 0 Å². The second kappa shape index (κ2) is 7.92. The molecule has 1 amide bonds. The second-order valence-corrected chi connectivity index (χ2v) is 6.46. The van der Waals surface area contributed by atoms with Gasteiger partial charge in [0.25, 0.3) is 5.91 Å². The first-order valence-electron chi connectivity index (χ1n) is 8.77. The Morgan fingerprint density at radius 3 is 2.80 bits per heavy atom. The summed E-state index contributed by atoms with van der Waals surface area (Å²) >= 11 is 0. The van der Waals surface area contributed by atoms with Crippen LogP contribution in [0.1, 0.15) is 26.2 Å². The summed E-state index contributed by atoms with van der Waals surface area (Å²) in [4.78, 5) is 14.7. The van der Waals surface area contributed by atoms with Crippen LogP contribution in [-0.2, 0) is 4.79 Å². The van der Waals surface area contributed by atoms with Gasteiger partial charge in [-0.3, -0.25) is 4.79 Å². The highest BCUT2D eigenvalue weighted by Gasteiger charge is 2.21. The average Bonchev–Trinajstić information content (AvgIpc) is 2.62. The van der Waals surface area contributed by atoms with E-state index in [0.29, 0.717) is 17.5 Å². The molecule has 2 aromatic rings. The molecule has 2 aromatic carbocycles. The molecule has 1 heterocycles. The van der Waals surface area contributed by atoms with Gasteiger partial charge in [-0.15, -0.1) is 0 Å². The molecule has 0 aliphatic carbocycles. The minimum Gasteiger partial charge on any atom is -0.484 e. The molecule has 1 atom stereocenters. The number of nitrogen functional groups attached to an aromatic ring is 1. The lowest BCUT2D eigenvalue weighted by molar-refractivity contribution is -0.118. The molecule has 1 aliphatic rings. The molecule has 3 N–H and O–H groups in total. The maximum Gasteiger partial charge on any atom is 0.262 e. The fraction of sp³-hybridized carbons (Fsp3) is 0.350. The van der Waals surface area contributed by atoms with E-state index in [2.05, 4.69) is 17.1 Å². The molecule has 5 nitrogen and oxygen atoms in total. The zero-order valence-corrected chi connectivity index (χ0v) is 14.6. The molecular formula is C20H25N3O2. The third-order valence-electron chi connectivity index (χ3n) is 4.52. The van der Waals surface area contributed by atoms with E-state index in [9.17, 15) is 4.79 Å². The predicted octanol–water partition coefficient (Wildman–Crippen LogP) is 3.67. The summed E-state index contributed by atoms with van der Waals surface area (Å²) in [5, 5.41) is 2.95. The maximum absolute atomic E-state index is 12.3. The smallest absolute Gasteiger partial charge is 0.262 e. The molecule has 1 aliphatic heterocycles. The van der Waals surface area contributed by atoms with E-state index in [-0.39, 0.29) is 12.5 Å². The van der Waals surface area contributed by atoms with Crippen LogP contribution in [0.2, 0.25) is 0 Å². The van der Waals surface area contributed by atoms with Crippen molar-refractivity contribution >= 4 is 23.0 Å². The molecule has 0 radical (unpaired) electrons. The van der Waals surface area contributed by atoms with Crippen molar-refractivity contribution in [2.45, 2.75) is 32.2 Å². The Balaban J connectivity index is 1.70. The number of nitrogens with zero attached hydrogens (tertiary/aromatic N) is 1. The number of carbonyl (C=O) groups excluding carboxylic acids is 1.